The SMILES string of the molecule is N#Cc1cc2[nH]cnc2c(N)n1.Nc1nc(Cl)cc2[nH]cnc12. The molecule has 0 aliphatic carbocycles. The van der Waals surface area contributed by atoms with Crippen LogP contribution in [0.4, 0.5) is 11.6 Å². The molecule has 0 atom stereocenters. The third-order valence-electron chi connectivity index (χ3n) is 2.95. The lowest BCUT2D eigenvalue weighted by Gasteiger charge is -1.93. The predicted molar refractivity (Wildman–Crippen MR) is 86.3 cm³/mol. The summed E-state index contributed by atoms with van der Waals surface area (Å²) in [5.41, 5.74) is 14.2. The lowest BCUT2D eigenvalue weighted by molar-refractivity contribution is 1.29. The first-order valence-corrected chi connectivity index (χ1v) is 6.71. The molecule has 114 valence electrons. The Kier molecular flexibility index (Phi) is 3.66. The Morgan fingerprint density at radius 2 is 1.52 bits per heavy atom. The van der Waals surface area contributed by atoms with Crippen molar-refractivity contribution in [2.75, 3.05) is 11.5 Å². The fourth-order valence-corrected chi connectivity index (χ4v) is 2.17. The number of imidazole rings is 2. The molecule has 0 saturated heterocycles. The average molecular weight is 328 g/mol. The molecule has 0 aliphatic heterocycles. The molecule has 4 rings (SSSR count). The number of anilines is 2. The summed E-state index contributed by atoms with van der Waals surface area (Å²) < 4.78 is 0. The van der Waals surface area contributed by atoms with Gasteiger partial charge >= 0.3 is 0 Å². The van der Waals surface area contributed by atoms with Gasteiger partial charge in [-0.2, -0.15) is 5.26 Å². The third kappa shape index (κ3) is 2.83. The minimum absolute atomic E-state index is 0.283. The summed E-state index contributed by atoms with van der Waals surface area (Å²) in [6, 6.07) is 5.20. The quantitative estimate of drug-likeness (QED) is 0.357. The molecule has 0 aromatic carbocycles. The Bertz CT molecular complexity index is 1030. The van der Waals surface area contributed by atoms with Crippen molar-refractivity contribution in [1.29, 1.82) is 5.26 Å². The number of nitrogens with zero attached hydrogens (tertiary/aromatic N) is 5. The van der Waals surface area contributed by atoms with E-state index in [1.165, 1.54) is 6.33 Å². The molecule has 0 fully saturated rings. The number of H-pyrrole nitrogens is 2. The number of pyridine rings is 2. The van der Waals surface area contributed by atoms with E-state index in [-0.39, 0.29) is 5.82 Å². The first-order valence-electron chi connectivity index (χ1n) is 6.33. The topological polar surface area (TPSA) is 159 Å². The number of hydrogen-bond acceptors (Lipinski definition) is 7. The van der Waals surface area contributed by atoms with Gasteiger partial charge in [0, 0.05) is 12.1 Å². The monoisotopic (exact) mass is 327 g/mol. The highest BCUT2D eigenvalue weighted by molar-refractivity contribution is 6.30. The van der Waals surface area contributed by atoms with E-state index >= 15 is 0 Å². The van der Waals surface area contributed by atoms with Gasteiger partial charge in [-0.05, 0) is 0 Å². The van der Waals surface area contributed by atoms with Gasteiger partial charge in [-0.25, -0.2) is 19.9 Å². The van der Waals surface area contributed by atoms with E-state index in [1.54, 1.807) is 18.5 Å². The maximum absolute atomic E-state index is 8.56. The molecular weight excluding hydrogens is 318 g/mol. The number of fused-ring (bicyclic) bond motifs is 2. The molecule has 0 spiro atoms. The van der Waals surface area contributed by atoms with E-state index in [2.05, 4.69) is 29.9 Å². The van der Waals surface area contributed by atoms with Gasteiger partial charge in [-0.1, -0.05) is 11.6 Å². The molecular formula is C13H10ClN9. The maximum Gasteiger partial charge on any atom is 0.153 e. The third-order valence-corrected chi connectivity index (χ3v) is 3.14. The Hall–Kier alpha value is -3.38. The number of aromatic amines is 2. The molecule has 23 heavy (non-hydrogen) atoms. The molecule has 0 bridgehead atoms. The summed E-state index contributed by atoms with van der Waals surface area (Å²) in [4.78, 5) is 21.3. The van der Waals surface area contributed by atoms with Crippen molar-refractivity contribution in [3.8, 4) is 6.07 Å². The number of nitrogens with one attached hydrogen (secondary N) is 2. The van der Waals surface area contributed by atoms with E-state index in [0.29, 0.717) is 27.7 Å². The number of nitriles is 1. The Morgan fingerprint density at radius 3 is 2.13 bits per heavy atom. The molecule has 0 aliphatic rings. The summed E-state index contributed by atoms with van der Waals surface area (Å²) in [7, 11) is 0. The average Bonchev–Trinajstić information content (AvgIpc) is 3.16. The zero-order valence-electron chi connectivity index (χ0n) is 11.6. The molecule has 6 N–H and O–H groups in total. The van der Waals surface area contributed by atoms with E-state index in [4.69, 9.17) is 28.3 Å². The molecule has 4 aromatic rings. The highest BCUT2D eigenvalue weighted by atomic mass is 35.5. The lowest BCUT2D eigenvalue weighted by Crippen LogP contribution is -1.93. The highest BCUT2D eigenvalue weighted by Gasteiger charge is 2.04. The van der Waals surface area contributed by atoms with Crippen molar-refractivity contribution in [1.82, 2.24) is 29.9 Å². The molecule has 0 saturated carbocycles. The fraction of sp³-hybridized carbons (Fsp3) is 0. The van der Waals surface area contributed by atoms with Crippen molar-refractivity contribution in [3.05, 3.63) is 35.6 Å². The van der Waals surface area contributed by atoms with Crippen LogP contribution in [-0.2, 0) is 0 Å². The number of nitrogen functional groups attached to an aromatic ring is 2. The lowest BCUT2D eigenvalue weighted by atomic mass is 10.3. The van der Waals surface area contributed by atoms with Gasteiger partial charge in [0.25, 0.3) is 0 Å². The molecule has 4 aromatic heterocycles. The predicted octanol–water partition coefficient (Wildman–Crippen LogP) is 1.61. The van der Waals surface area contributed by atoms with E-state index in [1.807, 2.05) is 6.07 Å². The van der Waals surface area contributed by atoms with Crippen LogP contribution in [0.25, 0.3) is 22.1 Å². The summed E-state index contributed by atoms with van der Waals surface area (Å²) in [5, 5.41) is 8.93. The maximum atomic E-state index is 8.56. The van der Waals surface area contributed by atoms with Gasteiger partial charge in [0.15, 0.2) is 11.6 Å². The van der Waals surface area contributed by atoms with Crippen LogP contribution >= 0.6 is 11.6 Å². The summed E-state index contributed by atoms with van der Waals surface area (Å²) in [6.07, 6.45) is 3.07. The van der Waals surface area contributed by atoms with Crippen molar-refractivity contribution >= 4 is 45.3 Å². The number of aromatic nitrogens is 6. The summed E-state index contributed by atoms with van der Waals surface area (Å²) >= 11 is 5.64. The fourth-order valence-electron chi connectivity index (χ4n) is 1.97. The van der Waals surface area contributed by atoms with Gasteiger partial charge in [0.2, 0.25) is 0 Å². The van der Waals surface area contributed by atoms with Crippen LogP contribution in [0.3, 0.4) is 0 Å². The molecule has 0 radical (unpaired) electrons. The van der Waals surface area contributed by atoms with Crippen molar-refractivity contribution in [3.63, 3.8) is 0 Å². The van der Waals surface area contributed by atoms with Crippen LogP contribution in [-0.4, -0.2) is 29.9 Å². The van der Waals surface area contributed by atoms with Gasteiger partial charge < -0.3 is 21.4 Å². The van der Waals surface area contributed by atoms with E-state index in [9.17, 15) is 0 Å². The molecule has 0 unspecified atom stereocenters. The van der Waals surface area contributed by atoms with Gasteiger partial charge in [-0.15, -0.1) is 0 Å². The number of hydrogen-bond donors (Lipinski definition) is 4. The minimum atomic E-state index is 0.283. The second-order valence-corrected chi connectivity index (χ2v) is 4.82. The molecule has 9 nitrogen and oxygen atoms in total. The van der Waals surface area contributed by atoms with Crippen molar-refractivity contribution < 1.29 is 0 Å². The highest BCUT2D eigenvalue weighted by Crippen LogP contribution is 2.18. The number of nitrogens with two attached hydrogens (primary N) is 2. The Balaban J connectivity index is 0.000000136. The van der Waals surface area contributed by atoms with Crippen LogP contribution < -0.4 is 11.5 Å². The number of halogens is 1. The largest absolute Gasteiger partial charge is 0.382 e. The van der Waals surface area contributed by atoms with Gasteiger partial charge in [0.1, 0.15) is 27.9 Å². The second-order valence-electron chi connectivity index (χ2n) is 4.43. The van der Waals surface area contributed by atoms with Gasteiger partial charge in [0.05, 0.1) is 23.7 Å². The number of rotatable bonds is 0. The van der Waals surface area contributed by atoms with E-state index in [0.717, 1.165) is 11.0 Å². The van der Waals surface area contributed by atoms with Crippen LogP contribution in [0.2, 0.25) is 5.15 Å². The Labute approximate surface area is 134 Å². The van der Waals surface area contributed by atoms with Crippen LogP contribution in [0, 0.1) is 11.3 Å². The summed E-state index contributed by atoms with van der Waals surface area (Å²) in [6.45, 7) is 0. The first-order chi connectivity index (χ1) is 11.1. The second kappa shape index (κ2) is 5.78. The minimum Gasteiger partial charge on any atom is -0.382 e. The van der Waals surface area contributed by atoms with Crippen LogP contribution in [0.1, 0.15) is 5.69 Å². The Morgan fingerprint density at radius 1 is 0.957 bits per heavy atom. The standard InChI is InChI=1S/C7H5N5.C6H5ClN4/c8-2-4-1-5-6(7(9)12-4)11-3-10-5;7-4-1-3-5(6(8)11-4)10-2-9-3/h1,3H,(H2,9,12)(H,10,11);1-2H,(H2,8,11)(H,9,10). The molecule has 10 heteroatoms. The molecule has 0 amide bonds. The van der Waals surface area contributed by atoms with Crippen LogP contribution in [0.15, 0.2) is 24.8 Å². The normalized spacial score (nSPS) is 10.3. The summed E-state index contributed by atoms with van der Waals surface area (Å²) in [5.74, 6) is 0.638. The zero-order valence-corrected chi connectivity index (χ0v) is 12.3. The first kappa shape index (κ1) is 14.6. The van der Waals surface area contributed by atoms with Crippen LogP contribution in [0.5, 0.6) is 0 Å². The van der Waals surface area contributed by atoms with E-state index < -0.39 is 0 Å². The van der Waals surface area contributed by atoms with Gasteiger partial charge in [-0.3, -0.25) is 0 Å². The zero-order chi connectivity index (χ0) is 16.4. The smallest absolute Gasteiger partial charge is 0.153 e. The van der Waals surface area contributed by atoms with Crippen molar-refractivity contribution in [2.45, 2.75) is 0 Å². The van der Waals surface area contributed by atoms with Crippen molar-refractivity contribution in [2.24, 2.45) is 0 Å². The molecule has 4 heterocycles.